The normalized spacial score (nSPS) is 16.2. The Morgan fingerprint density at radius 1 is 1.43 bits per heavy atom. The van der Waals surface area contributed by atoms with Gasteiger partial charge in [-0.15, -0.1) is 24.8 Å². The Morgan fingerprint density at radius 3 is 2.87 bits per heavy atom. The number of hydrogen-bond acceptors (Lipinski definition) is 4. The number of hydrogen-bond donors (Lipinski definition) is 2. The van der Waals surface area contributed by atoms with Crippen molar-refractivity contribution in [1.82, 2.24) is 15.6 Å². The molecule has 1 fully saturated rings. The van der Waals surface area contributed by atoms with Gasteiger partial charge in [-0.1, -0.05) is 23.2 Å². The van der Waals surface area contributed by atoms with E-state index in [1.807, 2.05) is 0 Å². The summed E-state index contributed by atoms with van der Waals surface area (Å²) in [6.45, 7) is 2.85. The van der Waals surface area contributed by atoms with Crippen molar-refractivity contribution >= 4 is 53.9 Å². The topological polar surface area (TPSA) is 63.2 Å². The first-order valence-electron chi connectivity index (χ1n) is 7.06. The maximum absolute atomic E-state index is 11.7. The molecule has 2 N–H and O–H groups in total. The highest BCUT2D eigenvalue weighted by molar-refractivity contribution is 6.35. The monoisotopic (exact) mass is 403 g/mol. The molecule has 2 rings (SSSR count). The van der Waals surface area contributed by atoms with Crippen molar-refractivity contribution in [2.45, 2.75) is 19.3 Å². The van der Waals surface area contributed by atoms with Crippen LogP contribution in [0.1, 0.15) is 19.3 Å². The summed E-state index contributed by atoms with van der Waals surface area (Å²) in [7, 11) is 0. The lowest BCUT2D eigenvalue weighted by atomic mass is 10.0. The van der Waals surface area contributed by atoms with E-state index in [1.54, 1.807) is 6.07 Å². The fraction of sp³-hybridized carbons (Fsp3) is 0.571. The minimum absolute atomic E-state index is 0. The summed E-state index contributed by atoms with van der Waals surface area (Å²) in [6.07, 6.45) is 4.13. The van der Waals surface area contributed by atoms with Crippen LogP contribution in [-0.2, 0) is 4.79 Å². The molecule has 0 saturated carbocycles. The predicted molar refractivity (Wildman–Crippen MR) is 97.5 cm³/mol. The van der Waals surface area contributed by atoms with Gasteiger partial charge in [0, 0.05) is 12.6 Å². The molecule has 132 valence electrons. The minimum atomic E-state index is 0. The molecule has 1 unspecified atom stereocenters. The first-order chi connectivity index (χ1) is 10.1. The second-order valence-corrected chi connectivity index (χ2v) is 5.88. The van der Waals surface area contributed by atoms with Crippen LogP contribution in [0.2, 0.25) is 10.0 Å². The summed E-state index contributed by atoms with van der Waals surface area (Å²) in [5, 5.41) is 6.95. The maximum atomic E-state index is 11.7. The van der Waals surface area contributed by atoms with E-state index in [4.69, 9.17) is 27.9 Å². The molecule has 0 bridgehead atoms. The average Bonchev–Trinajstić information content (AvgIpc) is 2.96. The Morgan fingerprint density at radius 2 is 2.22 bits per heavy atom. The third kappa shape index (κ3) is 8.27. The van der Waals surface area contributed by atoms with Crippen molar-refractivity contribution in [3.63, 3.8) is 0 Å². The van der Waals surface area contributed by atoms with Crippen molar-refractivity contribution in [3.8, 4) is 5.88 Å². The molecule has 1 aliphatic rings. The second kappa shape index (κ2) is 12.0. The van der Waals surface area contributed by atoms with E-state index in [2.05, 4.69) is 15.6 Å². The Balaban J connectivity index is 0.00000242. The number of ether oxygens (including phenoxy) is 1. The molecule has 23 heavy (non-hydrogen) atoms. The summed E-state index contributed by atoms with van der Waals surface area (Å²) in [5.74, 6) is 1.01. The van der Waals surface area contributed by atoms with Crippen molar-refractivity contribution < 1.29 is 9.53 Å². The number of rotatable bonds is 7. The molecule has 1 saturated heterocycles. The number of pyridine rings is 1. The number of amides is 1. The lowest BCUT2D eigenvalue weighted by Gasteiger charge is -2.10. The van der Waals surface area contributed by atoms with Crippen molar-refractivity contribution in [1.29, 1.82) is 0 Å². The highest BCUT2D eigenvalue weighted by Gasteiger charge is 2.15. The average molecular weight is 405 g/mol. The third-order valence-electron chi connectivity index (χ3n) is 3.38. The van der Waals surface area contributed by atoms with Gasteiger partial charge in [0.15, 0.2) is 0 Å². The van der Waals surface area contributed by atoms with Gasteiger partial charge in [-0.25, -0.2) is 4.98 Å². The lowest BCUT2D eigenvalue weighted by Crippen LogP contribution is -2.28. The molecule has 2 heterocycles. The van der Waals surface area contributed by atoms with Crippen LogP contribution in [0.25, 0.3) is 0 Å². The van der Waals surface area contributed by atoms with E-state index < -0.39 is 0 Å². The Labute approximate surface area is 158 Å². The summed E-state index contributed by atoms with van der Waals surface area (Å²) in [6, 6.07) is 1.57. The quantitative estimate of drug-likeness (QED) is 0.685. The second-order valence-electron chi connectivity index (χ2n) is 5.04. The molecule has 0 radical (unpaired) electrons. The fourth-order valence-corrected chi connectivity index (χ4v) is 2.67. The van der Waals surface area contributed by atoms with Gasteiger partial charge in [-0.05, 0) is 37.9 Å². The number of nitrogens with one attached hydrogen (secondary N) is 2. The van der Waals surface area contributed by atoms with Crippen LogP contribution in [0.4, 0.5) is 0 Å². The number of aromatic nitrogens is 1. The molecule has 1 aromatic heterocycles. The molecule has 0 aliphatic carbocycles. The molecule has 1 aliphatic heterocycles. The number of nitrogens with zero attached hydrogens (tertiary/aromatic N) is 1. The third-order valence-corrected chi connectivity index (χ3v) is 3.86. The molecule has 1 aromatic rings. The predicted octanol–water partition coefficient (Wildman–Crippen LogP) is 3.12. The first kappa shape index (κ1) is 22.5. The van der Waals surface area contributed by atoms with Gasteiger partial charge in [0.2, 0.25) is 11.8 Å². The van der Waals surface area contributed by atoms with Crippen molar-refractivity contribution in [2.24, 2.45) is 5.92 Å². The SMILES string of the molecule is Cl.Cl.O=C(CCC1CCNC1)NCCOc1ncc(Cl)cc1Cl. The number of carbonyl (C=O) groups excluding carboxylic acids is 1. The highest BCUT2D eigenvalue weighted by Crippen LogP contribution is 2.24. The standard InChI is InChI=1S/C14H19Cl2N3O2.2ClH/c15-11-7-12(16)14(19-9-11)21-6-5-18-13(20)2-1-10-3-4-17-8-10;;/h7,9-10,17H,1-6,8H2,(H,18,20);2*1H. The van der Waals surface area contributed by atoms with Gasteiger partial charge in [0.25, 0.3) is 0 Å². The molecule has 1 amide bonds. The number of halogens is 4. The molecule has 5 nitrogen and oxygen atoms in total. The van der Waals surface area contributed by atoms with E-state index in [9.17, 15) is 4.79 Å². The van der Waals surface area contributed by atoms with Gasteiger partial charge < -0.3 is 15.4 Å². The molecule has 0 spiro atoms. The van der Waals surface area contributed by atoms with Gasteiger partial charge in [0.1, 0.15) is 11.6 Å². The van der Waals surface area contributed by atoms with Crippen molar-refractivity contribution in [2.75, 3.05) is 26.2 Å². The van der Waals surface area contributed by atoms with E-state index in [1.165, 1.54) is 6.20 Å². The maximum Gasteiger partial charge on any atom is 0.232 e. The summed E-state index contributed by atoms with van der Waals surface area (Å²) >= 11 is 11.7. The van der Waals surface area contributed by atoms with Gasteiger partial charge in [0.05, 0.1) is 11.6 Å². The van der Waals surface area contributed by atoms with Crippen LogP contribution in [0.3, 0.4) is 0 Å². The summed E-state index contributed by atoms with van der Waals surface area (Å²) < 4.78 is 5.39. The summed E-state index contributed by atoms with van der Waals surface area (Å²) in [5.41, 5.74) is 0. The minimum Gasteiger partial charge on any atom is -0.475 e. The molecule has 0 aromatic carbocycles. The Kier molecular flexibility index (Phi) is 11.7. The van der Waals surface area contributed by atoms with Crippen LogP contribution >= 0.6 is 48.0 Å². The molecular formula is C14H21Cl4N3O2. The zero-order valence-electron chi connectivity index (χ0n) is 12.5. The fourth-order valence-electron chi connectivity index (χ4n) is 2.23. The van der Waals surface area contributed by atoms with Crippen LogP contribution < -0.4 is 15.4 Å². The molecule has 9 heteroatoms. The number of carbonyl (C=O) groups is 1. The smallest absolute Gasteiger partial charge is 0.232 e. The van der Waals surface area contributed by atoms with Crippen LogP contribution in [0.15, 0.2) is 12.3 Å². The largest absolute Gasteiger partial charge is 0.475 e. The zero-order valence-corrected chi connectivity index (χ0v) is 15.7. The van der Waals surface area contributed by atoms with Crippen LogP contribution in [-0.4, -0.2) is 37.1 Å². The van der Waals surface area contributed by atoms with E-state index in [0.717, 1.165) is 25.9 Å². The highest BCUT2D eigenvalue weighted by atomic mass is 35.5. The van der Waals surface area contributed by atoms with Crippen LogP contribution in [0.5, 0.6) is 5.88 Å². The Bertz CT molecular complexity index is 485. The zero-order chi connectivity index (χ0) is 15.1. The molecular weight excluding hydrogens is 384 g/mol. The van der Waals surface area contributed by atoms with Crippen molar-refractivity contribution in [3.05, 3.63) is 22.3 Å². The van der Waals surface area contributed by atoms with Crippen LogP contribution in [0, 0.1) is 5.92 Å². The lowest BCUT2D eigenvalue weighted by molar-refractivity contribution is -0.121. The van der Waals surface area contributed by atoms with Gasteiger partial charge in [-0.2, -0.15) is 0 Å². The molecule has 1 atom stereocenters. The van der Waals surface area contributed by atoms with Gasteiger partial charge in [-0.3, -0.25) is 4.79 Å². The summed E-state index contributed by atoms with van der Waals surface area (Å²) in [4.78, 5) is 15.7. The first-order valence-corrected chi connectivity index (χ1v) is 7.82. The van der Waals surface area contributed by atoms with E-state index in [0.29, 0.717) is 41.4 Å². The van der Waals surface area contributed by atoms with E-state index >= 15 is 0 Å². The Hall–Kier alpha value is -0.460. The van der Waals surface area contributed by atoms with Gasteiger partial charge >= 0.3 is 0 Å². The van der Waals surface area contributed by atoms with E-state index in [-0.39, 0.29) is 30.7 Å².